The highest BCUT2D eigenvalue weighted by Gasteiger charge is 2.08. The van der Waals surface area contributed by atoms with Crippen LogP contribution in [-0.2, 0) is 0 Å². The van der Waals surface area contributed by atoms with Gasteiger partial charge in [0, 0.05) is 16.8 Å². The predicted molar refractivity (Wildman–Crippen MR) is 115 cm³/mol. The van der Waals surface area contributed by atoms with E-state index in [4.69, 9.17) is 9.47 Å². The number of hydrazone groups is 1. The van der Waals surface area contributed by atoms with E-state index >= 15 is 0 Å². The van der Waals surface area contributed by atoms with Gasteiger partial charge >= 0.3 is 0 Å². The number of amides is 2. The Morgan fingerprint density at radius 1 is 0.800 bits per heavy atom. The molecule has 0 aromatic heterocycles. The zero-order valence-electron chi connectivity index (χ0n) is 16.6. The second-order valence-electron chi connectivity index (χ2n) is 6.24. The molecule has 0 fully saturated rings. The Kier molecular flexibility index (Phi) is 6.78. The van der Waals surface area contributed by atoms with Crippen LogP contribution in [0.5, 0.6) is 11.5 Å². The number of nitrogens with zero attached hydrogens (tertiary/aromatic N) is 1. The Morgan fingerprint density at radius 3 is 2.10 bits per heavy atom. The highest BCUT2D eigenvalue weighted by molar-refractivity contribution is 6.04. The Bertz CT molecular complexity index is 1040. The van der Waals surface area contributed by atoms with Crippen LogP contribution in [-0.4, -0.2) is 32.2 Å². The van der Waals surface area contributed by atoms with Crippen LogP contribution in [0.25, 0.3) is 0 Å². The van der Waals surface area contributed by atoms with Gasteiger partial charge in [-0.1, -0.05) is 12.1 Å². The minimum Gasteiger partial charge on any atom is -0.497 e. The van der Waals surface area contributed by atoms with Gasteiger partial charge in [0.15, 0.2) is 0 Å². The molecular formula is C23H21N3O4. The molecule has 0 radical (unpaired) electrons. The van der Waals surface area contributed by atoms with Gasteiger partial charge in [-0.2, -0.15) is 5.10 Å². The van der Waals surface area contributed by atoms with Crippen molar-refractivity contribution < 1.29 is 19.1 Å². The number of carbonyl (C=O) groups excluding carboxylic acids is 2. The lowest BCUT2D eigenvalue weighted by molar-refractivity contribution is 0.0954. The largest absolute Gasteiger partial charge is 0.497 e. The number of benzene rings is 3. The molecule has 3 aromatic carbocycles. The van der Waals surface area contributed by atoms with E-state index in [1.807, 2.05) is 18.2 Å². The number of hydrogen-bond acceptors (Lipinski definition) is 5. The molecule has 0 unspecified atom stereocenters. The van der Waals surface area contributed by atoms with Crippen LogP contribution in [0.4, 0.5) is 5.69 Å². The molecule has 2 N–H and O–H groups in total. The van der Waals surface area contributed by atoms with Crippen LogP contribution in [0.1, 0.15) is 26.3 Å². The number of methoxy groups -OCH3 is 2. The van der Waals surface area contributed by atoms with Crippen LogP contribution in [0, 0.1) is 0 Å². The first kappa shape index (κ1) is 20.6. The molecule has 7 nitrogen and oxygen atoms in total. The van der Waals surface area contributed by atoms with Gasteiger partial charge in [-0.25, -0.2) is 5.43 Å². The van der Waals surface area contributed by atoms with Crippen LogP contribution in [0.3, 0.4) is 0 Å². The zero-order valence-corrected chi connectivity index (χ0v) is 16.6. The fourth-order valence-electron chi connectivity index (χ4n) is 2.60. The van der Waals surface area contributed by atoms with Crippen LogP contribution >= 0.6 is 0 Å². The molecule has 0 saturated heterocycles. The number of ether oxygens (including phenoxy) is 2. The van der Waals surface area contributed by atoms with E-state index in [1.54, 1.807) is 68.8 Å². The van der Waals surface area contributed by atoms with Crippen molar-refractivity contribution in [2.75, 3.05) is 19.5 Å². The first-order valence-corrected chi connectivity index (χ1v) is 9.12. The third kappa shape index (κ3) is 5.45. The number of carbonyl (C=O) groups is 2. The highest BCUT2D eigenvalue weighted by atomic mass is 16.5. The summed E-state index contributed by atoms with van der Waals surface area (Å²) in [7, 11) is 3.15. The molecule has 0 bridgehead atoms. The summed E-state index contributed by atoms with van der Waals surface area (Å²) in [4.78, 5) is 24.5. The van der Waals surface area contributed by atoms with Crippen LogP contribution in [0.15, 0.2) is 77.9 Å². The normalized spacial score (nSPS) is 10.5. The van der Waals surface area contributed by atoms with Crippen molar-refractivity contribution >= 4 is 23.7 Å². The molecule has 152 valence electrons. The topological polar surface area (TPSA) is 89.0 Å². The number of hydrogen-bond donors (Lipinski definition) is 2. The standard InChI is InChI=1S/C23H21N3O4/c1-29-20-12-8-17(9-13-20)22(27)25-19-10-6-18(7-11-19)23(28)26-24-15-16-4-3-5-21(14-16)30-2/h3-15H,1-2H3,(H,25,27)(H,26,28)/b24-15-. The lowest BCUT2D eigenvalue weighted by Crippen LogP contribution is -2.17. The summed E-state index contributed by atoms with van der Waals surface area (Å²) >= 11 is 0. The summed E-state index contributed by atoms with van der Waals surface area (Å²) in [6.07, 6.45) is 1.53. The van der Waals surface area contributed by atoms with Gasteiger partial charge in [0.1, 0.15) is 11.5 Å². The molecule has 0 heterocycles. The molecule has 30 heavy (non-hydrogen) atoms. The number of nitrogens with one attached hydrogen (secondary N) is 2. The molecule has 3 rings (SSSR count). The molecule has 2 amide bonds. The summed E-state index contributed by atoms with van der Waals surface area (Å²) in [6, 6.07) is 20.6. The predicted octanol–water partition coefficient (Wildman–Crippen LogP) is 3.72. The smallest absolute Gasteiger partial charge is 0.271 e. The summed E-state index contributed by atoms with van der Waals surface area (Å²) in [6.45, 7) is 0. The second-order valence-corrected chi connectivity index (χ2v) is 6.24. The lowest BCUT2D eigenvalue weighted by atomic mass is 10.1. The Labute approximate surface area is 174 Å². The second kappa shape index (κ2) is 9.88. The average Bonchev–Trinajstić information content (AvgIpc) is 2.79. The highest BCUT2D eigenvalue weighted by Crippen LogP contribution is 2.15. The van der Waals surface area contributed by atoms with E-state index in [-0.39, 0.29) is 11.8 Å². The van der Waals surface area contributed by atoms with Gasteiger partial charge in [0.05, 0.1) is 20.4 Å². The van der Waals surface area contributed by atoms with E-state index in [1.165, 1.54) is 6.21 Å². The maximum atomic E-state index is 12.3. The minimum absolute atomic E-state index is 0.252. The molecule has 0 saturated carbocycles. The summed E-state index contributed by atoms with van der Waals surface area (Å²) in [5, 5.41) is 6.74. The van der Waals surface area contributed by atoms with Gasteiger partial charge in [0.25, 0.3) is 11.8 Å². The third-order valence-electron chi connectivity index (χ3n) is 4.23. The Hall–Kier alpha value is -4.13. The fraction of sp³-hybridized carbons (Fsp3) is 0.0870. The Balaban J connectivity index is 1.56. The van der Waals surface area contributed by atoms with Crippen molar-refractivity contribution in [3.63, 3.8) is 0 Å². The van der Waals surface area contributed by atoms with Gasteiger partial charge in [-0.15, -0.1) is 0 Å². The fourth-order valence-corrected chi connectivity index (χ4v) is 2.60. The summed E-state index contributed by atoms with van der Waals surface area (Å²) in [5.41, 5.74) is 4.77. The molecular weight excluding hydrogens is 382 g/mol. The molecule has 0 aliphatic rings. The van der Waals surface area contributed by atoms with Crippen molar-refractivity contribution in [3.8, 4) is 11.5 Å². The van der Waals surface area contributed by atoms with E-state index in [2.05, 4.69) is 15.8 Å². The molecule has 0 aliphatic heterocycles. The maximum absolute atomic E-state index is 12.3. The first-order valence-electron chi connectivity index (χ1n) is 9.12. The van der Waals surface area contributed by atoms with E-state index in [0.29, 0.717) is 28.3 Å². The number of anilines is 1. The van der Waals surface area contributed by atoms with E-state index in [9.17, 15) is 9.59 Å². The number of rotatable bonds is 7. The minimum atomic E-state index is -0.359. The van der Waals surface area contributed by atoms with Gasteiger partial charge in [-0.3, -0.25) is 9.59 Å². The van der Waals surface area contributed by atoms with Gasteiger partial charge < -0.3 is 14.8 Å². The van der Waals surface area contributed by atoms with Crippen molar-refractivity contribution in [1.29, 1.82) is 0 Å². The molecule has 0 aliphatic carbocycles. The molecule has 0 spiro atoms. The van der Waals surface area contributed by atoms with Crippen molar-refractivity contribution in [1.82, 2.24) is 5.43 Å². The summed E-state index contributed by atoms with van der Waals surface area (Å²) < 4.78 is 10.2. The van der Waals surface area contributed by atoms with Crippen molar-refractivity contribution in [3.05, 3.63) is 89.5 Å². The zero-order chi connectivity index (χ0) is 21.3. The van der Waals surface area contributed by atoms with Gasteiger partial charge in [0.2, 0.25) is 0 Å². The molecule has 7 heteroatoms. The first-order chi connectivity index (χ1) is 14.6. The van der Waals surface area contributed by atoms with Crippen molar-refractivity contribution in [2.45, 2.75) is 0 Å². The molecule has 3 aromatic rings. The summed E-state index contributed by atoms with van der Waals surface area (Å²) in [5.74, 6) is 0.772. The monoisotopic (exact) mass is 403 g/mol. The van der Waals surface area contributed by atoms with Gasteiger partial charge in [-0.05, 0) is 66.2 Å². The van der Waals surface area contributed by atoms with E-state index < -0.39 is 0 Å². The van der Waals surface area contributed by atoms with Crippen LogP contribution < -0.4 is 20.2 Å². The Morgan fingerprint density at radius 2 is 1.43 bits per heavy atom. The quantitative estimate of drug-likeness (QED) is 0.465. The van der Waals surface area contributed by atoms with Crippen LogP contribution in [0.2, 0.25) is 0 Å². The average molecular weight is 403 g/mol. The lowest BCUT2D eigenvalue weighted by Gasteiger charge is -2.07. The SMILES string of the molecule is COc1ccc(C(=O)Nc2ccc(C(=O)N/N=C\c3cccc(OC)c3)cc2)cc1. The maximum Gasteiger partial charge on any atom is 0.271 e. The van der Waals surface area contributed by atoms with E-state index in [0.717, 1.165) is 5.56 Å². The third-order valence-corrected chi connectivity index (χ3v) is 4.23. The van der Waals surface area contributed by atoms with Crippen molar-refractivity contribution in [2.24, 2.45) is 5.10 Å². The molecule has 0 atom stereocenters.